The highest BCUT2D eigenvalue weighted by atomic mass is 16.3. The molecule has 2 saturated carbocycles. The van der Waals surface area contributed by atoms with Crippen LogP contribution in [0.5, 0.6) is 0 Å². The maximum atomic E-state index is 12.6. The molecule has 0 unspecified atom stereocenters. The summed E-state index contributed by atoms with van der Waals surface area (Å²) in [6.45, 7) is 0.522. The van der Waals surface area contributed by atoms with Crippen molar-refractivity contribution in [1.82, 2.24) is 20.1 Å². The van der Waals surface area contributed by atoms with Crippen LogP contribution in [0.1, 0.15) is 47.7 Å². The van der Waals surface area contributed by atoms with E-state index in [-0.39, 0.29) is 23.5 Å². The number of carbonyl (C=O) groups is 1. The summed E-state index contributed by atoms with van der Waals surface area (Å²) in [5.74, 6) is 0.124. The van der Waals surface area contributed by atoms with E-state index in [0.29, 0.717) is 29.1 Å². The summed E-state index contributed by atoms with van der Waals surface area (Å²) in [5.41, 5.74) is 1.32. The topological polar surface area (TPSA) is 100 Å². The van der Waals surface area contributed by atoms with Crippen molar-refractivity contribution >= 4 is 16.9 Å². The molecule has 0 radical (unpaired) electrons. The van der Waals surface area contributed by atoms with Crippen molar-refractivity contribution in [3.8, 4) is 0 Å². The van der Waals surface area contributed by atoms with E-state index < -0.39 is 0 Å². The molecule has 23 heavy (non-hydrogen) atoms. The van der Waals surface area contributed by atoms with E-state index >= 15 is 0 Å². The zero-order valence-corrected chi connectivity index (χ0v) is 13.1. The van der Waals surface area contributed by atoms with Gasteiger partial charge in [0, 0.05) is 30.6 Å². The Morgan fingerprint density at radius 3 is 2.87 bits per heavy atom. The van der Waals surface area contributed by atoms with Gasteiger partial charge in [-0.05, 0) is 31.7 Å². The number of aryl methyl sites for hydroxylation is 1. The summed E-state index contributed by atoms with van der Waals surface area (Å²) in [5, 5.41) is 15.3. The highest BCUT2D eigenvalue weighted by Gasteiger charge is 2.42. The SMILES string of the molecule is Cn1[nH]c(=O)c2c(C(=O)NCC3(CO)CC3)cc(C3CC3)nc21. The third-order valence-corrected chi connectivity index (χ3v) is 4.99. The van der Waals surface area contributed by atoms with Crippen molar-refractivity contribution in [1.29, 1.82) is 0 Å². The molecule has 0 atom stereocenters. The number of carbonyl (C=O) groups excluding carboxylic acids is 1. The van der Waals surface area contributed by atoms with Crippen molar-refractivity contribution in [2.45, 2.75) is 31.6 Å². The fourth-order valence-corrected chi connectivity index (χ4v) is 2.98. The van der Waals surface area contributed by atoms with Gasteiger partial charge in [0.2, 0.25) is 0 Å². The number of aromatic amines is 1. The molecule has 7 heteroatoms. The number of amides is 1. The number of hydrogen-bond acceptors (Lipinski definition) is 4. The molecular weight excluding hydrogens is 296 g/mol. The summed E-state index contributed by atoms with van der Waals surface area (Å²) >= 11 is 0. The Labute approximate surface area is 132 Å². The van der Waals surface area contributed by atoms with Crippen LogP contribution in [-0.4, -0.2) is 38.9 Å². The molecule has 0 aliphatic heterocycles. The van der Waals surface area contributed by atoms with Gasteiger partial charge in [-0.3, -0.25) is 19.4 Å². The van der Waals surface area contributed by atoms with Gasteiger partial charge in [0.1, 0.15) is 0 Å². The van der Waals surface area contributed by atoms with Crippen molar-refractivity contribution in [2.75, 3.05) is 13.2 Å². The maximum absolute atomic E-state index is 12.6. The predicted octanol–water partition coefficient (Wildman–Crippen LogP) is 0.641. The molecule has 2 aliphatic carbocycles. The summed E-state index contributed by atoms with van der Waals surface area (Å²) in [6.07, 6.45) is 4.00. The Bertz CT molecular complexity index is 843. The number of pyridine rings is 1. The van der Waals surface area contributed by atoms with Gasteiger partial charge in [-0.15, -0.1) is 0 Å². The van der Waals surface area contributed by atoms with E-state index in [1.54, 1.807) is 17.8 Å². The molecule has 2 heterocycles. The standard InChI is InChI=1S/C16H20N4O3/c1-20-13-12(15(23)19-20)10(6-11(18-13)9-2-3-9)14(22)17-7-16(8-21)4-5-16/h6,9,21H,2-5,7-8H2,1H3,(H,17,22)(H,19,23). The van der Waals surface area contributed by atoms with Crippen LogP contribution < -0.4 is 10.9 Å². The van der Waals surface area contributed by atoms with Gasteiger partial charge in [0.05, 0.1) is 17.6 Å². The van der Waals surface area contributed by atoms with Crippen LogP contribution >= 0.6 is 0 Å². The fourth-order valence-electron chi connectivity index (χ4n) is 2.98. The van der Waals surface area contributed by atoms with Crippen molar-refractivity contribution in [3.63, 3.8) is 0 Å². The molecule has 7 nitrogen and oxygen atoms in total. The van der Waals surface area contributed by atoms with Gasteiger partial charge >= 0.3 is 0 Å². The minimum atomic E-state index is -0.300. The Morgan fingerprint density at radius 2 is 2.26 bits per heavy atom. The molecule has 3 N–H and O–H groups in total. The average molecular weight is 316 g/mol. The van der Waals surface area contributed by atoms with Crippen LogP contribution in [-0.2, 0) is 7.05 Å². The molecule has 2 aromatic heterocycles. The average Bonchev–Trinajstić information content (AvgIpc) is 3.45. The number of aliphatic hydroxyl groups is 1. The molecule has 4 rings (SSSR count). The van der Waals surface area contributed by atoms with Gasteiger partial charge in [0.15, 0.2) is 5.65 Å². The van der Waals surface area contributed by atoms with E-state index in [1.165, 1.54) is 0 Å². The quantitative estimate of drug-likeness (QED) is 0.753. The predicted molar refractivity (Wildman–Crippen MR) is 84.4 cm³/mol. The van der Waals surface area contributed by atoms with E-state index in [1.807, 2.05) is 0 Å². The summed E-state index contributed by atoms with van der Waals surface area (Å²) in [7, 11) is 1.72. The second-order valence-corrected chi connectivity index (χ2v) is 6.91. The third-order valence-electron chi connectivity index (χ3n) is 4.99. The lowest BCUT2D eigenvalue weighted by Gasteiger charge is -2.13. The molecule has 0 spiro atoms. The minimum Gasteiger partial charge on any atom is -0.396 e. The van der Waals surface area contributed by atoms with Gasteiger partial charge in [-0.25, -0.2) is 4.98 Å². The Hall–Kier alpha value is -2.15. The van der Waals surface area contributed by atoms with Crippen LogP contribution in [0.4, 0.5) is 0 Å². The maximum Gasteiger partial charge on any atom is 0.274 e. The van der Waals surface area contributed by atoms with Gasteiger partial charge < -0.3 is 10.4 Å². The largest absolute Gasteiger partial charge is 0.396 e. The van der Waals surface area contributed by atoms with Gasteiger partial charge in [-0.1, -0.05) is 0 Å². The first kappa shape index (κ1) is 14.4. The number of H-pyrrole nitrogens is 1. The molecular formula is C16H20N4O3. The Morgan fingerprint density at radius 1 is 1.52 bits per heavy atom. The number of nitrogens with one attached hydrogen (secondary N) is 2. The Kier molecular flexibility index (Phi) is 3.09. The lowest BCUT2D eigenvalue weighted by atomic mass is 10.1. The number of fused-ring (bicyclic) bond motifs is 1. The lowest BCUT2D eigenvalue weighted by Crippen LogP contribution is -2.32. The lowest BCUT2D eigenvalue weighted by molar-refractivity contribution is 0.0936. The number of rotatable bonds is 5. The molecule has 2 aromatic rings. The number of aromatic nitrogens is 3. The summed E-state index contributed by atoms with van der Waals surface area (Å²) in [6, 6.07) is 1.75. The monoisotopic (exact) mass is 316 g/mol. The fraction of sp³-hybridized carbons (Fsp3) is 0.562. The van der Waals surface area contributed by atoms with Crippen LogP contribution in [0.15, 0.2) is 10.9 Å². The normalized spacial score (nSPS) is 19.0. The molecule has 2 fully saturated rings. The molecule has 122 valence electrons. The van der Waals surface area contributed by atoms with Crippen LogP contribution in [0, 0.1) is 5.41 Å². The van der Waals surface area contributed by atoms with E-state index in [4.69, 9.17) is 0 Å². The number of aliphatic hydroxyl groups excluding tert-OH is 1. The third kappa shape index (κ3) is 2.45. The summed E-state index contributed by atoms with van der Waals surface area (Å²) < 4.78 is 1.57. The second-order valence-electron chi connectivity index (χ2n) is 6.91. The zero-order valence-electron chi connectivity index (χ0n) is 13.1. The van der Waals surface area contributed by atoms with E-state index in [0.717, 1.165) is 31.4 Å². The first-order valence-electron chi connectivity index (χ1n) is 8.02. The molecule has 0 aromatic carbocycles. The number of nitrogens with zero attached hydrogens (tertiary/aromatic N) is 2. The van der Waals surface area contributed by atoms with Crippen molar-refractivity contribution in [3.05, 3.63) is 27.7 Å². The van der Waals surface area contributed by atoms with Crippen molar-refractivity contribution < 1.29 is 9.90 Å². The number of hydrogen-bond donors (Lipinski definition) is 3. The van der Waals surface area contributed by atoms with Gasteiger partial charge in [0.25, 0.3) is 11.5 Å². The Balaban J connectivity index is 1.72. The highest BCUT2D eigenvalue weighted by Crippen LogP contribution is 2.44. The van der Waals surface area contributed by atoms with Crippen LogP contribution in [0.25, 0.3) is 11.0 Å². The van der Waals surface area contributed by atoms with Crippen LogP contribution in [0.2, 0.25) is 0 Å². The van der Waals surface area contributed by atoms with E-state index in [2.05, 4.69) is 15.4 Å². The zero-order chi connectivity index (χ0) is 16.2. The molecule has 2 aliphatic rings. The molecule has 0 bridgehead atoms. The van der Waals surface area contributed by atoms with Gasteiger partial charge in [-0.2, -0.15) is 0 Å². The van der Waals surface area contributed by atoms with E-state index in [9.17, 15) is 14.7 Å². The second kappa shape index (κ2) is 4.92. The van der Waals surface area contributed by atoms with Crippen molar-refractivity contribution in [2.24, 2.45) is 12.5 Å². The first-order valence-corrected chi connectivity index (χ1v) is 8.02. The van der Waals surface area contributed by atoms with Crippen LogP contribution in [0.3, 0.4) is 0 Å². The minimum absolute atomic E-state index is 0.0816. The first-order chi connectivity index (χ1) is 11.0. The smallest absolute Gasteiger partial charge is 0.274 e. The highest BCUT2D eigenvalue weighted by molar-refractivity contribution is 6.05. The molecule has 1 amide bonds. The summed E-state index contributed by atoms with van der Waals surface area (Å²) in [4.78, 5) is 29.3. The molecule has 0 saturated heterocycles.